The Labute approximate surface area is 95.0 Å². The minimum Gasteiger partial charge on any atom is -0.398 e. The van der Waals surface area contributed by atoms with Gasteiger partial charge in [0, 0.05) is 17.9 Å². The van der Waals surface area contributed by atoms with Gasteiger partial charge in [0.25, 0.3) is 5.91 Å². The van der Waals surface area contributed by atoms with E-state index in [4.69, 9.17) is 11.5 Å². The van der Waals surface area contributed by atoms with E-state index < -0.39 is 5.91 Å². The number of rotatable bonds is 4. The number of hydrogen-bond acceptors (Lipinski definition) is 3. The number of anilines is 2. The molecule has 0 unspecified atom stereocenters. The second-order valence-corrected chi connectivity index (χ2v) is 4.83. The fourth-order valence-corrected chi connectivity index (χ4v) is 1.59. The monoisotopic (exact) mass is 219 g/mol. The fourth-order valence-electron chi connectivity index (χ4n) is 1.59. The highest BCUT2D eigenvalue weighted by molar-refractivity contribution is 5.98. The van der Waals surface area contributed by atoms with Gasteiger partial charge in [0.2, 0.25) is 0 Å². The molecule has 1 saturated carbocycles. The second kappa shape index (κ2) is 3.70. The molecule has 1 amide bonds. The van der Waals surface area contributed by atoms with Gasteiger partial charge < -0.3 is 16.8 Å². The van der Waals surface area contributed by atoms with Crippen LogP contribution in [-0.2, 0) is 0 Å². The Kier molecular flexibility index (Phi) is 2.50. The molecule has 1 aromatic carbocycles. The first-order valence-electron chi connectivity index (χ1n) is 5.43. The third-order valence-electron chi connectivity index (χ3n) is 3.14. The Morgan fingerprint density at radius 1 is 1.50 bits per heavy atom. The van der Waals surface area contributed by atoms with Crippen LogP contribution in [-0.4, -0.2) is 12.5 Å². The van der Waals surface area contributed by atoms with Crippen LogP contribution in [0.25, 0.3) is 0 Å². The zero-order valence-electron chi connectivity index (χ0n) is 9.42. The summed E-state index contributed by atoms with van der Waals surface area (Å²) < 4.78 is 0. The standard InChI is InChI=1S/C12H17N3O/c1-12(4-5-12)7-15-8-2-3-10(13)9(6-8)11(14)16/h2-3,6,15H,4-5,7,13H2,1H3,(H2,14,16). The van der Waals surface area contributed by atoms with Crippen molar-refractivity contribution in [2.75, 3.05) is 17.6 Å². The summed E-state index contributed by atoms with van der Waals surface area (Å²) in [6.07, 6.45) is 2.52. The lowest BCUT2D eigenvalue weighted by atomic mass is 10.1. The van der Waals surface area contributed by atoms with E-state index in [1.165, 1.54) is 12.8 Å². The number of nitrogens with one attached hydrogen (secondary N) is 1. The number of nitrogens with two attached hydrogens (primary N) is 2. The molecule has 4 nitrogen and oxygen atoms in total. The molecule has 16 heavy (non-hydrogen) atoms. The van der Waals surface area contributed by atoms with Gasteiger partial charge in [0.05, 0.1) is 5.56 Å². The maximum absolute atomic E-state index is 11.1. The fraction of sp³-hybridized carbons (Fsp3) is 0.417. The lowest BCUT2D eigenvalue weighted by Gasteiger charge is -2.12. The van der Waals surface area contributed by atoms with Crippen molar-refractivity contribution in [1.29, 1.82) is 0 Å². The average Bonchev–Trinajstić information content (AvgIpc) is 2.96. The number of nitrogen functional groups attached to an aromatic ring is 1. The maximum Gasteiger partial charge on any atom is 0.250 e. The summed E-state index contributed by atoms with van der Waals surface area (Å²) in [5, 5.41) is 3.31. The van der Waals surface area contributed by atoms with E-state index in [1.54, 1.807) is 12.1 Å². The molecule has 2 rings (SSSR count). The predicted molar refractivity (Wildman–Crippen MR) is 65.2 cm³/mol. The summed E-state index contributed by atoms with van der Waals surface area (Å²) >= 11 is 0. The highest BCUT2D eigenvalue weighted by atomic mass is 16.1. The summed E-state index contributed by atoms with van der Waals surface area (Å²) in [5.41, 5.74) is 13.0. The van der Waals surface area contributed by atoms with Crippen molar-refractivity contribution in [3.05, 3.63) is 23.8 Å². The van der Waals surface area contributed by atoms with Gasteiger partial charge in [-0.1, -0.05) is 6.92 Å². The highest BCUT2D eigenvalue weighted by Gasteiger charge is 2.36. The summed E-state index contributed by atoms with van der Waals surface area (Å²) in [5.74, 6) is -0.487. The normalized spacial score (nSPS) is 16.8. The molecule has 4 heteroatoms. The van der Waals surface area contributed by atoms with E-state index in [2.05, 4.69) is 12.2 Å². The number of amides is 1. The minimum atomic E-state index is -0.487. The molecular formula is C12H17N3O. The van der Waals surface area contributed by atoms with Crippen LogP contribution < -0.4 is 16.8 Å². The number of primary amides is 1. The van der Waals surface area contributed by atoms with Crippen molar-refractivity contribution in [3.63, 3.8) is 0 Å². The van der Waals surface area contributed by atoms with Gasteiger partial charge >= 0.3 is 0 Å². The number of carbonyl (C=O) groups excluding carboxylic acids is 1. The van der Waals surface area contributed by atoms with Crippen LogP contribution in [0.1, 0.15) is 30.1 Å². The number of hydrogen-bond donors (Lipinski definition) is 3. The molecule has 0 aromatic heterocycles. The average molecular weight is 219 g/mol. The van der Waals surface area contributed by atoms with Gasteiger partial charge in [-0.25, -0.2) is 0 Å². The zero-order chi connectivity index (χ0) is 11.8. The summed E-state index contributed by atoms with van der Waals surface area (Å²) in [6.45, 7) is 3.17. The van der Waals surface area contributed by atoms with Crippen molar-refractivity contribution in [2.45, 2.75) is 19.8 Å². The van der Waals surface area contributed by atoms with E-state index in [-0.39, 0.29) is 0 Å². The minimum absolute atomic E-state index is 0.381. The summed E-state index contributed by atoms with van der Waals surface area (Å²) in [7, 11) is 0. The molecule has 0 saturated heterocycles. The van der Waals surface area contributed by atoms with E-state index in [1.807, 2.05) is 6.07 Å². The Hall–Kier alpha value is -1.71. The number of carbonyl (C=O) groups is 1. The van der Waals surface area contributed by atoms with Crippen LogP contribution in [0.3, 0.4) is 0 Å². The molecule has 1 fully saturated rings. The third kappa shape index (κ3) is 2.27. The van der Waals surface area contributed by atoms with Crippen molar-refractivity contribution >= 4 is 17.3 Å². The van der Waals surface area contributed by atoms with Crippen molar-refractivity contribution in [2.24, 2.45) is 11.1 Å². The molecule has 1 aromatic rings. The molecule has 0 radical (unpaired) electrons. The molecule has 1 aliphatic rings. The van der Waals surface area contributed by atoms with Gasteiger partial charge in [-0.3, -0.25) is 4.79 Å². The molecule has 0 heterocycles. The van der Waals surface area contributed by atoms with Crippen molar-refractivity contribution in [3.8, 4) is 0 Å². The first kappa shape index (κ1) is 10.8. The maximum atomic E-state index is 11.1. The molecule has 5 N–H and O–H groups in total. The zero-order valence-corrected chi connectivity index (χ0v) is 9.42. The Morgan fingerprint density at radius 3 is 2.75 bits per heavy atom. The van der Waals surface area contributed by atoms with Gasteiger partial charge in [0.15, 0.2) is 0 Å². The molecule has 0 spiro atoms. The van der Waals surface area contributed by atoms with Crippen LogP contribution in [0.15, 0.2) is 18.2 Å². The van der Waals surface area contributed by atoms with Gasteiger partial charge in [-0.15, -0.1) is 0 Å². The van der Waals surface area contributed by atoms with Crippen LogP contribution in [0.5, 0.6) is 0 Å². The van der Waals surface area contributed by atoms with Crippen molar-refractivity contribution < 1.29 is 4.79 Å². The summed E-state index contributed by atoms with van der Waals surface area (Å²) in [4.78, 5) is 11.1. The topological polar surface area (TPSA) is 81.1 Å². The smallest absolute Gasteiger partial charge is 0.250 e. The molecule has 0 aliphatic heterocycles. The Morgan fingerprint density at radius 2 is 2.19 bits per heavy atom. The molecule has 1 aliphatic carbocycles. The highest BCUT2D eigenvalue weighted by Crippen LogP contribution is 2.44. The number of benzene rings is 1. The molecular weight excluding hydrogens is 202 g/mol. The van der Waals surface area contributed by atoms with Gasteiger partial charge in [-0.2, -0.15) is 0 Å². The summed E-state index contributed by atoms with van der Waals surface area (Å²) in [6, 6.07) is 5.29. The first-order valence-corrected chi connectivity index (χ1v) is 5.43. The van der Waals surface area contributed by atoms with E-state index in [0.717, 1.165) is 12.2 Å². The SMILES string of the molecule is CC1(CNc2ccc(N)c(C(N)=O)c2)CC1. The van der Waals surface area contributed by atoms with Crippen LogP contribution in [0.4, 0.5) is 11.4 Å². The van der Waals surface area contributed by atoms with E-state index >= 15 is 0 Å². The Balaban J connectivity index is 2.09. The van der Waals surface area contributed by atoms with Crippen LogP contribution in [0.2, 0.25) is 0 Å². The quantitative estimate of drug-likeness (QED) is 0.672. The molecule has 0 atom stereocenters. The van der Waals surface area contributed by atoms with E-state index in [9.17, 15) is 4.79 Å². The van der Waals surface area contributed by atoms with Gasteiger partial charge in [-0.05, 0) is 36.5 Å². The second-order valence-electron chi connectivity index (χ2n) is 4.83. The third-order valence-corrected chi connectivity index (χ3v) is 3.14. The lowest BCUT2D eigenvalue weighted by Crippen LogP contribution is -2.15. The van der Waals surface area contributed by atoms with E-state index in [0.29, 0.717) is 16.7 Å². The lowest BCUT2D eigenvalue weighted by molar-refractivity contribution is 0.100. The van der Waals surface area contributed by atoms with Crippen molar-refractivity contribution in [1.82, 2.24) is 0 Å². The largest absolute Gasteiger partial charge is 0.398 e. The Bertz CT molecular complexity index is 424. The molecule has 86 valence electrons. The van der Waals surface area contributed by atoms with Crippen LogP contribution in [0, 0.1) is 5.41 Å². The van der Waals surface area contributed by atoms with Crippen LogP contribution >= 0.6 is 0 Å². The first-order chi connectivity index (χ1) is 7.50. The molecule has 0 bridgehead atoms. The predicted octanol–water partition coefficient (Wildman–Crippen LogP) is 1.58. The van der Waals surface area contributed by atoms with Gasteiger partial charge in [0.1, 0.15) is 0 Å².